The molecular weight excluding hydrogens is 580 g/mol. The van der Waals surface area contributed by atoms with Crippen LogP contribution in [0.25, 0.3) is 0 Å². The first kappa shape index (κ1) is 30.9. The number of aliphatic hydroxyl groups excluding tert-OH is 1. The molecule has 9 heteroatoms. The van der Waals surface area contributed by atoms with Gasteiger partial charge in [0.2, 0.25) is 5.91 Å². The standard InChI is InChI=1S/C35H43ClN2O6/c1-37-16-5-3-4-8-30(39)27-12-9-24(27)20-38-21-34(15-6-7-23-17-26(36)11-13-28(23)34)22-44-31-14-10-25(18-29(31)38)35(42,19-32(37)40)33(41)43-2/h4,8,10-11,13-14,17-18,24,27,30,39,42H,3,5-7,9,12,15-16,19-22H2,1-2H3/b8-4+/t24-,27+,30-,34-,35-/m0/s1. The van der Waals surface area contributed by atoms with Gasteiger partial charge in [-0.1, -0.05) is 35.9 Å². The predicted octanol–water partition coefficient (Wildman–Crippen LogP) is 4.76. The van der Waals surface area contributed by atoms with E-state index in [0.717, 1.165) is 42.8 Å². The number of carbonyl (C=O) groups excluding carboxylic acids is 2. The number of aryl methyl sites for hydroxylation is 1. The Hall–Kier alpha value is -3.07. The third-order valence-electron chi connectivity index (χ3n) is 10.4. The molecule has 0 saturated heterocycles. The van der Waals surface area contributed by atoms with E-state index in [1.54, 1.807) is 25.2 Å². The van der Waals surface area contributed by atoms with Gasteiger partial charge in [0.1, 0.15) is 5.75 Å². The van der Waals surface area contributed by atoms with Crippen molar-refractivity contribution in [3.8, 4) is 5.75 Å². The second-order valence-electron chi connectivity index (χ2n) is 13.2. The number of esters is 1. The fourth-order valence-electron chi connectivity index (χ4n) is 7.69. The van der Waals surface area contributed by atoms with Gasteiger partial charge in [-0.25, -0.2) is 4.79 Å². The molecule has 6 rings (SSSR count). The molecule has 2 bridgehead atoms. The average molecular weight is 623 g/mol. The highest BCUT2D eigenvalue weighted by atomic mass is 35.5. The van der Waals surface area contributed by atoms with Crippen LogP contribution in [-0.4, -0.2) is 73.5 Å². The Bertz CT molecular complexity index is 1450. The minimum atomic E-state index is -2.16. The Balaban J connectivity index is 1.46. The molecule has 2 aliphatic heterocycles. The number of hydrogen-bond donors (Lipinski definition) is 2. The summed E-state index contributed by atoms with van der Waals surface area (Å²) in [6.07, 6.45) is 9.25. The number of anilines is 1. The monoisotopic (exact) mass is 622 g/mol. The van der Waals surface area contributed by atoms with E-state index < -0.39 is 24.1 Å². The fraction of sp³-hybridized carbons (Fsp3) is 0.543. The average Bonchev–Trinajstić information content (AvgIpc) is 3.14. The van der Waals surface area contributed by atoms with Crippen LogP contribution in [0.3, 0.4) is 0 Å². The van der Waals surface area contributed by atoms with Gasteiger partial charge in [-0.2, -0.15) is 0 Å². The van der Waals surface area contributed by atoms with Crippen molar-refractivity contribution in [2.24, 2.45) is 11.8 Å². The highest BCUT2D eigenvalue weighted by Crippen LogP contribution is 2.47. The van der Waals surface area contributed by atoms with Crippen molar-refractivity contribution in [3.63, 3.8) is 0 Å². The molecule has 1 fully saturated rings. The predicted molar refractivity (Wildman–Crippen MR) is 169 cm³/mol. The van der Waals surface area contributed by atoms with Gasteiger partial charge in [0.05, 0.1) is 31.9 Å². The zero-order valence-corrected chi connectivity index (χ0v) is 26.4. The van der Waals surface area contributed by atoms with Crippen molar-refractivity contribution in [2.45, 2.75) is 68.5 Å². The van der Waals surface area contributed by atoms with Crippen molar-refractivity contribution >= 4 is 29.2 Å². The first-order valence-corrected chi connectivity index (χ1v) is 16.2. The Morgan fingerprint density at radius 3 is 2.77 bits per heavy atom. The van der Waals surface area contributed by atoms with Gasteiger partial charge in [-0.3, -0.25) is 4.79 Å². The molecule has 2 aromatic carbocycles. The van der Waals surface area contributed by atoms with E-state index in [-0.39, 0.29) is 23.2 Å². The molecule has 5 atom stereocenters. The molecule has 1 amide bonds. The summed E-state index contributed by atoms with van der Waals surface area (Å²) in [4.78, 5) is 30.3. The summed E-state index contributed by atoms with van der Waals surface area (Å²) in [5.41, 5.74) is 1.10. The maximum Gasteiger partial charge on any atom is 0.343 e. The van der Waals surface area contributed by atoms with Gasteiger partial charge in [-0.05, 0) is 97.7 Å². The zero-order chi connectivity index (χ0) is 31.1. The van der Waals surface area contributed by atoms with E-state index in [2.05, 4.69) is 17.0 Å². The molecule has 2 heterocycles. The topological polar surface area (TPSA) is 99.5 Å². The number of aliphatic hydroxyl groups is 2. The van der Waals surface area contributed by atoms with Crippen molar-refractivity contribution in [3.05, 3.63) is 70.3 Å². The number of hydrogen-bond acceptors (Lipinski definition) is 7. The quantitative estimate of drug-likeness (QED) is 0.350. The summed E-state index contributed by atoms with van der Waals surface area (Å²) in [6.45, 7) is 2.31. The van der Waals surface area contributed by atoms with Crippen LogP contribution in [0.4, 0.5) is 5.69 Å². The lowest BCUT2D eigenvalue weighted by molar-refractivity contribution is -0.168. The molecule has 0 radical (unpaired) electrons. The molecule has 8 nitrogen and oxygen atoms in total. The van der Waals surface area contributed by atoms with E-state index in [1.165, 1.54) is 23.1 Å². The van der Waals surface area contributed by atoms with Crippen LogP contribution in [0.15, 0.2) is 48.6 Å². The number of rotatable bonds is 1. The smallest absolute Gasteiger partial charge is 0.343 e. The number of nitrogens with zero attached hydrogens (tertiary/aromatic N) is 2. The Kier molecular flexibility index (Phi) is 8.70. The van der Waals surface area contributed by atoms with Gasteiger partial charge < -0.3 is 29.5 Å². The normalized spacial score (nSPS) is 31.5. The highest BCUT2D eigenvalue weighted by Gasteiger charge is 2.46. The van der Waals surface area contributed by atoms with Crippen LogP contribution in [0.2, 0.25) is 5.02 Å². The molecule has 2 aliphatic carbocycles. The SMILES string of the molecule is COC(=O)[C@]1(O)CC(=O)N(C)CCC/C=C/[C@H](O)[C@@H]2CC[C@H]2CN2C[C@@]3(CCCc4cc(Cl)ccc43)COc3ccc1cc32. The van der Waals surface area contributed by atoms with Gasteiger partial charge in [0.25, 0.3) is 0 Å². The van der Waals surface area contributed by atoms with Crippen LogP contribution >= 0.6 is 11.6 Å². The summed E-state index contributed by atoms with van der Waals surface area (Å²) < 4.78 is 11.7. The number of fused-ring (bicyclic) bond motifs is 4. The molecule has 44 heavy (non-hydrogen) atoms. The second kappa shape index (κ2) is 12.4. The van der Waals surface area contributed by atoms with Crippen LogP contribution in [0, 0.1) is 11.8 Å². The number of benzene rings is 2. The lowest BCUT2D eigenvalue weighted by Gasteiger charge is -2.45. The number of carbonyl (C=O) groups is 2. The minimum Gasteiger partial charge on any atom is -0.490 e. The largest absolute Gasteiger partial charge is 0.490 e. The Morgan fingerprint density at radius 2 is 2.00 bits per heavy atom. The number of amides is 1. The lowest BCUT2D eigenvalue weighted by atomic mass is 9.68. The lowest BCUT2D eigenvalue weighted by Crippen LogP contribution is -2.49. The third kappa shape index (κ3) is 5.72. The molecule has 1 spiro atoms. The Labute approximate surface area is 264 Å². The van der Waals surface area contributed by atoms with Crippen LogP contribution < -0.4 is 9.64 Å². The Morgan fingerprint density at radius 1 is 1.16 bits per heavy atom. The second-order valence-corrected chi connectivity index (χ2v) is 13.6. The van der Waals surface area contributed by atoms with Gasteiger partial charge in [0.15, 0.2) is 5.60 Å². The maximum absolute atomic E-state index is 13.3. The summed E-state index contributed by atoms with van der Waals surface area (Å²) in [7, 11) is 2.90. The van der Waals surface area contributed by atoms with E-state index >= 15 is 0 Å². The summed E-state index contributed by atoms with van der Waals surface area (Å²) in [5, 5.41) is 23.7. The molecule has 236 valence electrons. The minimum absolute atomic E-state index is 0.141. The van der Waals surface area contributed by atoms with Crippen molar-refractivity contribution in [1.82, 2.24) is 4.90 Å². The number of ether oxygens (including phenoxy) is 2. The molecule has 4 aliphatic rings. The van der Waals surface area contributed by atoms with Gasteiger partial charge >= 0.3 is 5.97 Å². The van der Waals surface area contributed by atoms with Gasteiger partial charge in [0, 0.05) is 37.1 Å². The van der Waals surface area contributed by atoms with Crippen LogP contribution in [0.1, 0.15) is 61.6 Å². The number of methoxy groups -OCH3 is 1. The molecule has 2 N–H and O–H groups in total. The molecule has 0 aromatic heterocycles. The summed E-state index contributed by atoms with van der Waals surface area (Å²) in [5.74, 6) is -0.168. The third-order valence-corrected chi connectivity index (χ3v) is 10.7. The first-order valence-electron chi connectivity index (χ1n) is 15.8. The molecule has 2 aromatic rings. The highest BCUT2D eigenvalue weighted by molar-refractivity contribution is 6.30. The fourth-order valence-corrected chi connectivity index (χ4v) is 7.88. The summed E-state index contributed by atoms with van der Waals surface area (Å²) in [6, 6.07) is 11.4. The molecule has 1 saturated carbocycles. The van der Waals surface area contributed by atoms with Crippen molar-refractivity contribution < 1.29 is 29.3 Å². The van der Waals surface area contributed by atoms with Crippen LogP contribution in [-0.2, 0) is 31.8 Å². The maximum atomic E-state index is 13.3. The van der Waals surface area contributed by atoms with Crippen molar-refractivity contribution in [1.29, 1.82) is 0 Å². The van der Waals surface area contributed by atoms with E-state index in [1.807, 2.05) is 18.2 Å². The number of allylic oxidation sites excluding steroid dienone is 1. The summed E-state index contributed by atoms with van der Waals surface area (Å²) >= 11 is 6.41. The molecular formula is C35H43ClN2O6. The first-order chi connectivity index (χ1) is 21.1. The van der Waals surface area contributed by atoms with Crippen LogP contribution in [0.5, 0.6) is 5.75 Å². The van der Waals surface area contributed by atoms with E-state index in [0.29, 0.717) is 50.4 Å². The van der Waals surface area contributed by atoms with Crippen molar-refractivity contribution in [2.75, 3.05) is 45.3 Å². The van der Waals surface area contributed by atoms with E-state index in [4.69, 9.17) is 21.1 Å². The number of halogens is 1. The molecule has 0 unspecified atom stereocenters. The van der Waals surface area contributed by atoms with E-state index in [9.17, 15) is 19.8 Å². The van der Waals surface area contributed by atoms with Gasteiger partial charge in [-0.15, -0.1) is 0 Å². The zero-order valence-electron chi connectivity index (χ0n) is 25.6.